The number of nitrogens with zero attached hydrogens (tertiary/aromatic N) is 1. The molecule has 0 aromatic rings. The Kier molecular flexibility index (Phi) is 9.64. The highest BCUT2D eigenvalue weighted by Gasteiger charge is 2.27. The lowest BCUT2D eigenvalue weighted by Crippen LogP contribution is -2.48. The van der Waals surface area contributed by atoms with Gasteiger partial charge in [0.15, 0.2) is 0 Å². The largest absolute Gasteiger partial charge is 0.395 e. The first-order valence-corrected chi connectivity index (χ1v) is 7.83. The van der Waals surface area contributed by atoms with E-state index in [4.69, 9.17) is 4.74 Å². The Morgan fingerprint density at radius 1 is 1.15 bits per heavy atom. The van der Waals surface area contributed by atoms with Crippen molar-refractivity contribution in [2.75, 3.05) is 46.5 Å². The highest BCUT2D eigenvalue weighted by atomic mass is 16.5. The molecular weight excluding hydrogens is 252 g/mol. The minimum atomic E-state index is 0.142. The molecule has 0 fully saturated rings. The van der Waals surface area contributed by atoms with Crippen molar-refractivity contribution < 1.29 is 9.84 Å². The molecule has 0 spiro atoms. The summed E-state index contributed by atoms with van der Waals surface area (Å²) in [6.45, 7) is 15.7. The molecule has 0 aromatic heterocycles. The maximum atomic E-state index is 9.22. The van der Waals surface area contributed by atoms with Crippen LogP contribution in [0.4, 0.5) is 0 Å². The van der Waals surface area contributed by atoms with Crippen LogP contribution in [0.1, 0.15) is 47.5 Å². The van der Waals surface area contributed by atoms with Crippen molar-refractivity contribution >= 4 is 0 Å². The molecule has 1 unspecified atom stereocenters. The minimum absolute atomic E-state index is 0.142. The number of aliphatic hydroxyl groups is 1. The van der Waals surface area contributed by atoms with E-state index in [9.17, 15) is 5.11 Å². The standard InChI is InChI=1S/C16H36N2O2/c1-7-8-16(5,13-17-15(2,3)4)14-18(9-11-19)10-12-20-6/h17,19H,7-14H2,1-6H3. The second-order valence-corrected chi connectivity index (χ2v) is 7.16. The molecule has 2 N–H and O–H groups in total. The second kappa shape index (κ2) is 9.72. The molecule has 0 rings (SSSR count). The lowest BCUT2D eigenvalue weighted by atomic mass is 9.84. The van der Waals surface area contributed by atoms with Gasteiger partial charge in [0, 0.05) is 38.8 Å². The molecule has 0 aromatic carbocycles. The molecule has 0 heterocycles. The van der Waals surface area contributed by atoms with E-state index in [1.165, 1.54) is 12.8 Å². The number of hydrogen-bond donors (Lipinski definition) is 2. The highest BCUT2D eigenvalue weighted by Crippen LogP contribution is 2.24. The Hall–Kier alpha value is -0.160. The molecule has 122 valence electrons. The molecule has 0 aliphatic rings. The normalized spacial score (nSPS) is 15.6. The molecule has 0 amide bonds. The maximum absolute atomic E-state index is 9.22. The molecule has 4 nitrogen and oxygen atoms in total. The second-order valence-electron chi connectivity index (χ2n) is 7.16. The SMILES string of the molecule is CCCC(C)(CNC(C)(C)C)CN(CCO)CCOC. The molecule has 0 saturated heterocycles. The fourth-order valence-electron chi connectivity index (χ4n) is 2.48. The predicted molar refractivity (Wildman–Crippen MR) is 86.2 cm³/mol. The first kappa shape index (κ1) is 19.8. The third-order valence-electron chi connectivity index (χ3n) is 3.53. The van der Waals surface area contributed by atoms with Gasteiger partial charge in [0.1, 0.15) is 0 Å². The number of methoxy groups -OCH3 is 1. The van der Waals surface area contributed by atoms with E-state index in [1.54, 1.807) is 7.11 Å². The molecule has 1 atom stereocenters. The molecule has 20 heavy (non-hydrogen) atoms. The molecule has 0 aliphatic heterocycles. The summed E-state index contributed by atoms with van der Waals surface area (Å²) in [6.07, 6.45) is 2.37. The number of nitrogens with one attached hydrogen (secondary N) is 1. The van der Waals surface area contributed by atoms with Gasteiger partial charge in [0.2, 0.25) is 0 Å². The number of aliphatic hydroxyl groups excluding tert-OH is 1. The summed E-state index contributed by atoms with van der Waals surface area (Å²) in [5.41, 5.74) is 0.369. The van der Waals surface area contributed by atoms with E-state index in [2.05, 4.69) is 44.8 Å². The van der Waals surface area contributed by atoms with Crippen LogP contribution >= 0.6 is 0 Å². The fraction of sp³-hybridized carbons (Fsp3) is 1.00. The minimum Gasteiger partial charge on any atom is -0.395 e. The van der Waals surface area contributed by atoms with E-state index in [1.807, 2.05) is 0 Å². The maximum Gasteiger partial charge on any atom is 0.0589 e. The molecular formula is C16H36N2O2. The van der Waals surface area contributed by atoms with Gasteiger partial charge in [-0.15, -0.1) is 0 Å². The summed E-state index contributed by atoms with van der Waals surface area (Å²) in [5, 5.41) is 12.9. The van der Waals surface area contributed by atoms with Crippen LogP contribution in [0, 0.1) is 5.41 Å². The molecule has 0 saturated carbocycles. The summed E-state index contributed by atoms with van der Waals surface area (Å²) in [7, 11) is 1.73. The quantitative estimate of drug-likeness (QED) is 0.611. The first-order valence-electron chi connectivity index (χ1n) is 7.83. The van der Waals surface area contributed by atoms with Crippen LogP contribution in [0.2, 0.25) is 0 Å². The van der Waals surface area contributed by atoms with Crippen molar-refractivity contribution in [3.05, 3.63) is 0 Å². The van der Waals surface area contributed by atoms with Crippen LogP contribution in [0.3, 0.4) is 0 Å². The van der Waals surface area contributed by atoms with E-state index in [0.717, 1.165) is 32.8 Å². The van der Waals surface area contributed by atoms with Crippen molar-refractivity contribution in [3.63, 3.8) is 0 Å². The summed E-state index contributed by atoms with van der Waals surface area (Å²) < 4.78 is 5.17. The van der Waals surface area contributed by atoms with Gasteiger partial charge in [-0.05, 0) is 32.6 Å². The van der Waals surface area contributed by atoms with Crippen molar-refractivity contribution in [2.45, 2.75) is 53.0 Å². The predicted octanol–water partition coefficient (Wildman–Crippen LogP) is 2.12. The molecule has 0 aliphatic carbocycles. The van der Waals surface area contributed by atoms with Crippen molar-refractivity contribution in [1.82, 2.24) is 10.2 Å². The van der Waals surface area contributed by atoms with Crippen LogP contribution in [0.25, 0.3) is 0 Å². The van der Waals surface area contributed by atoms with Gasteiger partial charge in [-0.25, -0.2) is 0 Å². The van der Waals surface area contributed by atoms with Gasteiger partial charge in [-0.2, -0.15) is 0 Å². The van der Waals surface area contributed by atoms with E-state index >= 15 is 0 Å². The highest BCUT2D eigenvalue weighted by molar-refractivity contribution is 4.84. The first-order chi connectivity index (χ1) is 9.26. The topological polar surface area (TPSA) is 44.7 Å². The Balaban J connectivity index is 4.58. The smallest absolute Gasteiger partial charge is 0.0589 e. The summed E-state index contributed by atoms with van der Waals surface area (Å²) in [5.74, 6) is 0. The van der Waals surface area contributed by atoms with Crippen molar-refractivity contribution in [1.29, 1.82) is 0 Å². The van der Waals surface area contributed by atoms with Crippen molar-refractivity contribution in [3.8, 4) is 0 Å². The Morgan fingerprint density at radius 2 is 1.80 bits per heavy atom. The lowest BCUT2D eigenvalue weighted by molar-refractivity contribution is 0.0881. The Bertz CT molecular complexity index is 241. The summed E-state index contributed by atoms with van der Waals surface area (Å²) >= 11 is 0. The van der Waals surface area contributed by atoms with Gasteiger partial charge in [0.25, 0.3) is 0 Å². The van der Waals surface area contributed by atoms with Gasteiger partial charge in [-0.1, -0.05) is 20.3 Å². The number of rotatable bonds is 11. The molecule has 0 radical (unpaired) electrons. The lowest BCUT2D eigenvalue weighted by Gasteiger charge is -2.38. The summed E-state index contributed by atoms with van der Waals surface area (Å²) in [6, 6.07) is 0. The third kappa shape index (κ3) is 9.70. The average molecular weight is 288 g/mol. The van der Waals surface area contributed by atoms with E-state index in [0.29, 0.717) is 0 Å². The Morgan fingerprint density at radius 3 is 2.25 bits per heavy atom. The van der Waals surface area contributed by atoms with Crippen LogP contribution in [0.15, 0.2) is 0 Å². The van der Waals surface area contributed by atoms with Crippen LogP contribution in [-0.2, 0) is 4.74 Å². The zero-order valence-electron chi connectivity index (χ0n) is 14.5. The average Bonchev–Trinajstić information content (AvgIpc) is 2.33. The molecule has 0 bridgehead atoms. The number of ether oxygens (including phenoxy) is 1. The van der Waals surface area contributed by atoms with Crippen molar-refractivity contribution in [2.24, 2.45) is 5.41 Å². The zero-order chi connectivity index (χ0) is 15.6. The van der Waals surface area contributed by atoms with Crippen LogP contribution < -0.4 is 5.32 Å². The monoisotopic (exact) mass is 288 g/mol. The molecule has 4 heteroatoms. The van der Waals surface area contributed by atoms with Gasteiger partial charge >= 0.3 is 0 Å². The van der Waals surface area contributed by atoms with Gasteiger partial charge in [0.05, 0.1) is 13.2 Å². The van der Waals surface area contributed by atoms with E-state index in [-0.39, 0.29) is 17.6 Å². The van der Waals surface area contributed by atoms with Gasteiger partial charge in [-0.3, -0.25) is 4.90 Å². The van der Waals surface area contributed by atoms with Crippen LogP contribution in [-0.4, -0.2) is 62.0 Å². The number of hydrogen-bond acceptors (Lipinski definition) is 4. The summed E-state index contributed by atoms with van der Waals surface area (Å²) in [4.78, 5) is 2.31. The zero-order valence-corrected chi connectivity index (χ0v) is 14.5. The van der Waals surface area contributed by atoms with E-state index < -0.39 is 0 Å². The van der Waals surface area contributed by atoms with Gasteiger partial charge < -0.3 is 15.2 Å². The Labute approximate surface area is 125 Å². The van der Waals surface area contributed by atoms with Crippen LogP contribution in [0.5, 0.6) is 0 Å². The third-order valence-corrected chi connectivity index (χ3v) is 3.53. The fourth-order valence-corrected chi connectivity index (χ4v) is 2.48.